The van der Waals surface area contributed by atoms with Gasteiger partial charge in [-0.1, -0.05) is 12.1 Å². The van der Waals surface area contributed by atoms with Crippen molar-refractivity contribution in [3.8, 4) is 5.75 Å². The molecule has 2 amide bonds. The van der Waals surface area contributed by atoms with Gasteiger partial charge in [-0.05, 0) is 37.0 Å². The third-order valence-electron chi connectivity index (χ3n) is 4.40. The van der Waals surface area contributed by atoms with Gasteiger partial charge in [0, 0.05) is 43.1 Å². The molecule has 0 aromatic heterocycles. The second-order valence-corrected chi connectivity index (χ2v) is 7.95. The van der Waals surface area contributed by atoms with Crippen LogP contribution in [0.1, 0.15) is 24.8 Å². The Hall–Kier alpha value is -1.44. The number of thioether (sulfide) groups is 1. The van der Waals surface area contributed by atoms with Crippen molar-refractivity contribution in [3.63, 3.8) is 0 Å². The highest BCUT2D eigenvalue weighted by Crippen LogP contribution is 2.18. The highest BCUT2D eigenvalue weighted by Gasteiger charge is 2.23. The number of nitrogens with one attached hydrogen (secondary N) is 3. The monoisotopic (exact) mass is 413 g/mol. The first-order chi connectivity index (χ1) is 12.7. The number of hydrogen-bond donors (Lipinski definition) is 3. The molecule has 6 nitrogen and oxygen atoms in total. The van der Waals surface area contributed by atoms with Gasteiger partial charge < -0.3 is 20.7 Å². The minimum Gasteiger partial charge on any atom is -0.484 e. The fourth-order valence-corrected chi connectivity index (χ4v) is 3.74. The normalized spacial score (nSPS) is 18.9. The van der Waals surface area contributed by atoms with Crippen molar-refractivity contribution in [2.75, 3.05) is 31.2 Å². The summed E-state index contributed by atoms with van der Waals surface area (Å²) < 4.78 is 5.49. The van der Waals surface area contributed by atoms with E-state index in [9.17, 15) is 9.59 Å². The van der Waals surface area contributed by atoms with Gasteiger partial charge in [-0.25, -0.2) is 0 Å². The predicted octanol–water partition coefficient (Wildman–Crippen LogP) is 1.52. The topological polar surface area (TPSA) is 79.5 Å². The van der Waals surface area contributed by atoms with Crippen LogP contribution in [-0.4, -0.2) is 55.1 Å². The Morgan fingerprint density at radius 1 is 1.19 bits per heavy atom. The summed E-state index contributed by atoms with van der Waals surface area (Å²) in [5.41, 5.74) is 1.13. The molecule has 150 valence electrons. The molecule has 1 saturated carbocycles. The van der Waals surface area contributed by atoms with E-state index in [0.717, 1.165) is 42.9 Å². The van der Waals surface area contributed by atoms with Crippen molar-refractivity contribution in [1.82, 2.24) is 16.0 Å². The minimum atomic E-state index is -0.0647. The number of benzene rings is 1. The van der Waals surface area contributed by atoms with E-state index in [4.69, 9.17) is 4.74 Å². The largest absolute Gasteiger partial charge is 0.484 e. The third-order valence-corrected chi connectivity index (χ3v) is 5.53. The smallest absolute Gasteiger partial charge is 0.258 e. The fourth-order valence-electron chi connectivity index (χ4n) is 2.79. The summed E-state index contributed by atoms with van der Waals surface area (Å²) in [4.78, 5) is 23.6. The van der Waals surface area contributed by atoms with Crippen LogP contribution in [0.5, 0.6) is 5.75 Å². The zero-order valence-corrected chi connectivity index (χ0v) is 17.0. The van der Waals surface area contributed by atoms with Gasteiger partial charge in [0.25, 0.3) is 5.91 Å². The summed E-state index contributed by atoms with van der Waals surface area (Å²) in [6.07, 6.45) is 3.48. The van der Waals surface area contributed by atoms with E-state index in [1.807, 2.05) is 36.0 Å². The van der Waals surface area contributed by atoms with Crippen LogP contribution in [-0.2, 0) is 16.0 Å². The van der Waals surface area contributed by atoms with Gasteiger partial charge in [-0.3, -0.25) is 9.59 Å². The van der Waals surface area contributed by atoms with Gasteiger partial charge in [0.1, 0.15) is 5.75 Å². The molecule has 0 bridgehead atoms. The number of carbonyl (C=O) groups excluding carboxylic acids is 2. The van der Waals surface area contributed by atoms with Crippen molar-refractivity contribution in [2.45, 2.75) is 37.8 Å². The molecule has 0 spiro atoms. The molecule has 1 unspecified atom stereocenters. The number of rotatable bonds is 9. The molecule has 1 saturated heterocycles. The molecule has 2 aliphatic rings. The SMILES string of the molecule is Cl.O=C(CC1CSCCN1)NCCc1ccc(OCC(=O)NC2CC2)cc1. The second-order valence-electron chi connectivity index (χ2n) is 6.80. The molecule has 1 aromatic rings. The molecule has 8 heteroatoms. The predicted molar refractivity (Wildman–Crippen MR) is 111 cm³/mol. The lowest BCUT2D eigenvalue weighted by atomic mass is 10.1. The lowest BCUT2D eigenvalue weighted by Crippen LogP contribution is -2.41. The van der Waals surface area contributed by atoms with E-state index >= 15 is 0 Å². The lowest BCUT2D eigenvalue weighted by Gasteiger charge is -2.22. The second kappa shape index (κ2) is 11.4. The lowest BCUT2D eigenvalue weighted by molar-refractivity contribution is -0.123. The van der Waals surface area contributed by atoms with Crippen LogP contribution in [0.4, 0.5) is 0 Å². The highest BCUT2D eigenvalue weighted by atomic mass is 35.5. The Balaban J connectivity index is 0.00000261. The highest BCUT2D eigenvalue weighted by molar-refractivity contribution is 7.99. The molecule has 1 aliphatic carbocycles. The summed E-state index contributed by atoms with van der Waals surface area (Å²) in [6, 6.07) is 8.33. The summed E-state index contributed by atoms with van der Waals surface area (Å²) >= 11 is 1.90. The first-order valence-corrected chi connectivity index (χ1v) is 10.4. The van der Waals surface area contributed by atoms with E-state index in [2.05, 4.69) is 16.0 Å². The molecule has 0 radical (unpaired) electrons. The molecule has 3 N–H and O–H groups in total. The molecule has 2 fully saturated rings. The first kappa shape index (κ1) is 21.9. The Morgan fingerprint density at radius 2 is 1.96 bits per heavy atom. The molecule has 1 atom stereocenters. The summed E-state index contributed by atoms with van der Waals surface area (Å²) in [5.74, 6) is 2.86. The number of carbonyl (C=O) groups is 2. The van der Waals surface area contributed by atoms with Crippen LogP contribution in [0.3, 0.4) is 0 Å². The van der Waals surface area contributed by atoms with Crippen molar-refractivity contribution >= 4 is 36.0 Å². The van der Waals surface area contributed by atoms with Crippen LogP contribution in [0, 0.1) is 0 Å². The fraction of sp³-hybridized carbons (Fsp3) is 0.579. The quantitative estimate of drug-likeness (QED) is 0.572. The number of ether oxygens (including phenoxy) is 1. The maximum Gasteiger partial charge on any atom is 0.258 e. The van der Waals surface area contributed by atoms with E-state index in [0.29, 0.717) is 30.8 Å². The van der Waals surface area contributed by atoms with Crippen LogP contribution in [0.2, 0.25) is 0 Å². The molecular weight excluding hydrogens is 386 g/mol. The zero-order chi connectivity index (χ0) is 18.2. The Morgan fingerprint density at radius 3 is 2.63 bits per heavy atom. The molecule has 1 heterocycles. The zero-order valence-electron chi connectivity index (χ0n) is 15.4. The molecule has 3 rings (SSSR count). The van der Waals surface area contributed by atoms with Gasteiger partial charge in [0.2, 0.25) is 5.91 Å². The first-order valence-electron chi connectivity index (χ1n) is 9.28. The van der Waals surface area contributed by atoms with E-state index in [-0.39, 0.29) is 30.8 Å². The molecule has 1 aromatic carbocycles. The molecular formula is C19H28ClN3O3S. The maximum atomic E-state index is 12.0. The van der Waals surface area contributed by atoms with Gasteiger partial charge in [0.15, 0.2) is 6.61 Å². The maximum absolute atomic E-state index is 12.0. The van der Waals surface area contributed by atoms with E-state index in [1.165, 1.54) is 0 Å². The van der Waals surface area contributed by atoms with Crippen LogP contribution < -0.4 is 20.7 Å². The Kier molecular flexibility index (Phi) is 9.24. The Bertz CT molecular complexity index is 605. The third kappa shape index (κ3) is 8.41. The summed E-state index contributed by atoms with van der Waals surface area (Å²) in [7, 11) is 0. The van der Waals surface area contributed by atoms with Crippen LogP contribution >= 0.6 is 24.2 Å². The van der Waals surface area contributed by atoms with Gasteiger partial charge in [-0.2, -0.15) is 11.8 Å². The number of hydrogen-bond acceptors (Lipinski definition) is 5. The average molecular weight is 414 g/mol. The average Bonchev–Trinajstić information content (AvgIpc) is 3.46. The van der Waals surface area contributed by atoms with Gasteiger partial charge >= 0.3 is 0 Å². The Labute approximate surface area is 171 Å². The van der Waals surface area contributed by atoms with Gasteiger partial charge in [-0.15, -0.1) is 12.4 Å². The summed E-state index contributed by atoms with van der Waals surface area (Å²) in [5, 5.41) is 9.25. The minimum absolute atomic E-state index is 0. The molecule has 1 aliphatic heterocycles. The summed E-state index contributed by atoms with van der Waals surface area (Å²) in [6.45, 7) is 1.67. The molecule has 27 heavy (non-hydrogen) atoms. The van der Waals surface area contributed by atoms with E-state index in [1.54, 1.807) is 0 Å². The van der Waals surface area contributed by atoms with E-state index < -0.39 is 0 Å². The van der Waals surface area contributed by atoms with Crippen LogP contribution in [0.15, 0.2) is 24.3 Å². The van der Waals surface area contributed by atoms with Gasteiger partial charge in [0.05, 0.1) is 0 Å². The number of halogens is 1. The van der Waals surface area contributed by atoms with Crippen molar-refractivity contribution in [2.24, 2.45) is 0 Å². The van der Waals surface area contributed by atoms with Crippen molar-refractivity contribution in [3.05, 3.63) is 29.8 Å². The van der Waals surface area contributed by atoms with Crippen molar-refractivity contribution < 1.29 is 14.3 Å². The van der Waals surface area contributed by atoms with Crippen molar-refractivity contribution in [1.29, 1.82) is 0 Å². The number of amides is 2. The van der Waals surface area contributed by atoms with Crippen LogP contribution in [0.25, 0.3) is 0 Å². The standard InChI is InChI=1S/C19H27N3O3S.ClH/c23-18(11-16-13-26-10-9-20-16)21-8-7-14-1-5-17(6-2-14)25-12-19(24)22-15-3-4-15;/h1-2,5-6,15-16,20H,3-4,7-13H2,(H,21,23)(H,22,24);1H.